The highest BCUT2D eigenvalue weighted by molar-refractivity contribution is 6.42. The van der Waals surface area contributed by atoms with E-state index in [1.807, 2.05) is 19.2 Å². The molecule has 2 aliphatic rings. The molecule has 19 heavy (non-hydrogen) atoms. The lowest BCUT2D eigenvalue weighted by Gasteiger charge is -2.37. The fourth-order valence-electron chi connectivity index (χ4n) is 4.01. The second-order valence-corrected chi connectivity index (χ2v) is 6.96. The summed E-state index contributed by atoms with van der Waals surface area (Å²) in [6.45, 7) is 4.38. The third kappa shape index (κ3) is 1.92. The molecule has 0 amide bonds. The van der Waals surface area contributed by atoms with Crippen LogP contribution in [0, 0.1) is 5.41 Å². The molecule has 0 radical (unpaired) electrons. The van der Waals surface area contributed by atoms with E-state index in [0.717, 1.165) is 25.9 Å². The summed E-state index contributed by atoms with van der Waals surface area (Å²) in [5.74, 6) is 0. The van der Waals surface area contributed by atoms with Gasteiger partial charge >= 0.3 is 0 Å². The standard InChI is InChI=1S/C15H19Cl2NO/c1-14-6-11(19-2)7-15(14,9-18-8-14)10-3-4-12(16)13(17)5-10/h3-5,11,18H,6-9H2,1-2H3/t11-,14+,15-/m0/s1. The topological polar surface area (TPSA) is 21.3 Å². The summed E-state index contributed by atoms with van der Waals surface area (Å²) < 4.78 is 5.63. The van der Waals surface area contributed by atoms with E-state index in [4.69, 9.17) is 27.9 Å². The lowest BCUT2D eigenvalue weighted by atomic mass is 9.65. The molecule has 1 saturated carbocycles. The summed E-state index contributed by atoms with van der Waals surface area (Å²) in [6.07, 6.45) is 2.48. The Hall–Kier alpha value is -0.280. The molecule has 0 bridgehead atoms. The maximum Gasteiger partial charge on any atom is 0.0595 e. The van der Waals surface area contributed by atoms with Gasteiger partial charge in [0.25, 0.3) is 0 Å². The Morgan fingerprint density at radius 3 is 2.68 bits per heavy atom. The number of hydrogen-bond acceptors (Lipinski definition) is 2. The Morgan fingerprint density at radius 1 is 1.21 bits per heavy atom. The molecule has 0 unspecified atom stereocenters. The molecule has 4 heteroatoms. The highest BCUT2D eigenvalue weighted by Crippen LogP contribution is 2.57. The number of methoxy groups -OCH3 is 1. The van der Waals surface area contributed by atoms with Crippen LogP contribution in [0.3, 0.4) is 0 Å². The fraction of sp³-hybridized carbons (Fsp3) is 0.600. The molecule has 1 aliphatic heterocycles. The minimum absolute atomic E-state index is 0.113. The highest BCUT2D eigenvalue weighted by atomic mass is 35.5. The van der Waals surface area contributed by atoms with Crippen molar-refractivity contribution in [3.05, 3.63) is 33.8 Å². The Bertz CT molecular complexity index is 507. The number of benzene rings is 1. The van der Waals surface area contributed by atoms with E-state index in [0.29, 0.717) is 16.1 Å². The predicted molar refractivity (Wildman–Crippen MR) is 79.1 cm³/mol. The van der Waals surface area contributed by atoms with E-state index in [9.17, 15) is 0 Å². The van der Waals surface area contributed by atoms with Crippen molar-refractivity contribution in [1.82, 2.24) is 5.32 Å². The van der Waals surface area contributed by atoms with Gasteiger partial charge in [-0.05, 0) is 36.0 Å². The molecule has 104 valence electrons. The molecular formula is C15H19Cl2NO. The van der Waals surface area contributed by atoms with Gasteiger partial charge in [-0.1, -0.05) is 36.2 Å². The Labute approximate surface area is 124 Å². The van der Waals surface area contributed by atoms with Crippen LogP contribution < -0.4 is 5.32 Å². The third-order valence-electron chi connectivity index (χ3n) is 5.16. The number of rotatable bonds is 2. The average Bonchev–Trinajstić information content (AvgIpc) is 2.83. The number of fused-ring (bicyclic) bond motifs is 1. The normalized spacial score (nSPS) is 37.6. The van der Waals surface area contributed by atoms with E-state index in [1.54, 1.807) is 0 Å². The van der Waals surface area contributed by atoms with Crippen molar-refractivity contribution in [2.24, 2.45) is 5.41 Å². The van der Waals surface area contributed by atoms with Crippen LogP contribution in [0.2, 0.25) is 10.0 Å². The molecular weight excluding hydrogens is 281 g/mol. The largest absolute Gasteiger partial charge is 0.381 e. The number of hydrogen-bond donors (Lipinski definition) is 1. The van der Waals surface area contributed by atoms with Crippen LogP contribution in [0.1, 0.15) is 25.3 Å². The molecule has 1 aromatic carbocycles. The van der Waals surface area contributed by atoms with Gasteiger partial charge in [0, 0.05) is 25.6 Å². The zero-order valence-electron chi connectivity index (χ0n) is 11.3. The van der Waals surface area contributed by atoms with Crippen LogP contribution in [-0.4, -0.2) is 26.3 Å². The molecule has 1 saturated heterocycles. The SMILES string of the molecule is CO[C@H]1C[C@]2(C)CNC[C@]2(c2ccc(Cl)c(Cl)c2)C1. The van der Waals surface area contributed by atoms with Crippen molar-refractivity contribution in [3.8, 4) is 0 Å². The molecule has 2 nitrogen and oxygen atoms in total. The lowest BCUT2D eigenvalue weighted by Crippen LogP contribution is -2.38. The highest BCUT2D eigenvalue weighted by Gasteiger charge is 2.59. The zero-order chi connectivity index (χ0) is 13.7. The lowest BCUT2D eigenvalue weighted by molar-refractivity contribution is 0.0962. The number of nitrogens with one attached hydrogen (secondary N) is 1. The molecule has 1 N–H and O–H groups in total. The van der Waals surface area contributed by atoms with Crippen LogP contribution in [0.15, 0.2) is 18.2 Å². The van der Waals surface area contributed by atoms with Crippen LogP contribution in [0.5, 0.6) is 0 Å². The van der Waals surface area contributed by atoms with E-state index in [1.165, 1.54) is 5.56 Å². The van der Waals surface area contributed by atoms with E-state index >= 15 is 0 Å². The van der Waals surface area contributed by atoms with Crippen molar-refractivity contribution in [1.29, 1.82) is 0 Å². The second-order valence-electron chi connectivity index (χ2n) is 6.14. The van der Waals surface area contributed by atoms with Crippen molar-refractivity contribution < 1.29 is 4.74 Å². The van der Waals surface area contributed by atoms with Gasteiger partial charge in [-0.25, -0.2) is 0 Å². The summed E-state index contributed by atoms with van der Waals surface area (Å²) in [6, 6.07) is 6.07. The van der Waals surface area contributed by atoms with Crippen LogP contribution in [-0.2, 0) is 10.2 Å². The number of halogens is 2. The van der Waals surface area contributed by atoms with Gasteiger partial charge in [0.1, 0.15) is 0 Å². The maximum absolute atomic E-state index is 6.21. The molecule has 0 aromatic heterocycles. The first-order chi connectivity index (χ1) is 9.01. The van der Waals surface area contributed by atoms with Gasteiger partial charge < -0.3 is 10.1 Å². The van der Waals surface area contributed by atoms with Crippen LogP contribution in [0.4, 0.5) is 0 Å². The van der Waals surface area contributed by atoms with Gasteiger partial charge in [0.2, 0.25) is 0 Å². The molecule has 1 aliphatic carbocycles. The Morgan fingerprint density at radius 2 is 2.00 bits per heavy atom. The summed E-state index contributed by atoms with van der Waals surface area (Å²) in [4.78, 5) is 0. The number of ether oxygens (including phenoxy) is 1. The van der Waals surface area contributed by atoms with Gasteiger partial charge in [0.05, 0.1) is 16.1 Å². The first-order valence-electron chi connectivity index (χ1n) is 6.70. The second kappa shape index (κ2) is 4.63. The summed E-state index contributed by atoms with van der Waals surface area (Å²) in [7, 11) is 1.81. The molecule has 2 fully saturated rings. The van der Waals surface area contributed by atoms with E-state index < -0.39 is 0 Å². The molecule has 3 rings (SSSR count). The van der Waals surface area contributed by atoms with Crippen molar-refractivity contribution in [2.45, 2.75) is 31.3 Å². The van der Waals surface area contributed by atoms with Crippen molar-refractivity contribution in [2.75, 3.05) is 20.2 Å². The molecule has 0 spiro atoms. The monoisotopic (exact) mass is 299 g/mol. The Balaban J connectivity index is 2.07. The first kappa shape index (κ1) is 13.7. The molecule has 3 atom stereocenters. The van der Waals surface area contributed by atoms with Crippen LogP contribution >= 0.6 is 23.2 Å². The van der Waals surface area contributed by atoms with Crippen molar-refractivity contribution in [3.63, 3.8) is 0 Å². The van der Waals surface area contributed by atoms with E-state index in [-0.39, 0.29) is 10.8 Å². The summed E-state index contributed by atoms with van der Waals surface area (Å²) >= 11 is 12.3. The average molecular weight is 300 g/mol. The fourth-order valence-corrected chi connectivity index (χ4v) is 4.31. The van der Waals surface area contributed by atoms with Crippen molar-refractivity contribution >= 4 is 23.2 Å². The van der Waals surface area contributed by atoms with Gasteiger partial charge in [-0.2, -0.15) is 0 Å². The van der Waals surface area contributed by atoms with Crippen LogP contribution in [0.25, 0.3) is 0 Å². The van der Waals surface area contributed by atoms with E-state index in [2.05, 4.69) is 18.3 Å². The Kier molecular flexibility index (Phi) is 3.33. The summed E-state index contributed by atoms with van der Waals surface area (Å²) in [5, 5.41) is 4.81. The quantitative estimate of drug-likeness (QED) is 0.900. The van der Waals surface area contributed by atoms with Gasteiger partial charge in [-0.3, -0.25) is 0 Å². The van der Waals surface area contributed by atoms with Gasteiger partial charge in [-0.15, -0.1) is 0 Å². The predicted octanol–water partition coefficient (Wildman–Crippen LogP) is 3.65. The van der Waals surface area contributed by atoms with Gasteiger partial charge in [0.15, 0.2) is 0 Å². The summed E-state index contributed by atoms with van der Waals surface area (Å²) in [5.41, 5.74) is 1.63. The zero-order valence-corrected chi connectivity index (χ0v) is 12.8. The third-order valence-corrected chi connectivity index (χ3v) is 5.90. The smallest absolute Gasteiger partial charge is 0.0595 e. The maximum atomic E-state index is 6.21. The first-order valence-corrected chi connectivity index (χ1v) is 7.45. The molecule has 1 aromatic rings. The minimum Gasteiger partial charge on any atom is -0.381 e. The minimum atomic E-state index is 0.113. The molecule has 1 heterocycles.